The maximum absolute atomic E-state index is 12.3. The average Bonchev–Trinajstić information content (AvgIpc) is 2.63. The Morgan fingerprint density at radius 2 is 2.05 bits per heavy atom. The second-order valence-electron chi connectivity index (χ2n) is 5.52. The van der Waals surface area contributed by atoms with E-state index in [4.69, 9.17) is 9.52 Å². The van der Waals surface area contributed by atoms with Crippen LogP contribution in [-0.4, -0.2) is 30.2 Å². The van der Waals surface area contributed by atoms with Crippen LogP contribution < -0.4 is 10.5 Å². The van der Waals surface area contributed by atoms with Crippen molar-refractivity contribution in [3.05, 3.63) is 28.7 Å². The van der Waals surface area contributed by atoms with Gasteiger partial charge in [-0.3, -0.25) is 4.57 Å². The van der Waals surface area contributed by atoms with E-state index in [1.54, 1.807) is 20.9 Å². The summed E-state index contributed by atoms with van der Waals surface area (Å²) in [5, 5.41) is 8.96. The van der Waals surface area contributed by atoms with Crippen LogP contribution in [0, 0.1) is 0 Å². The van der Waals surface area contributed by atoms with Crippen molar-refractivity contribution in [3.63, 3.8) is 0 Å². The van der Waals surface area contributed by atoms with Gasteiger partial charge in [-0.05, 0) is 32.4 Å². The summed E-state index contributed by atoms with van der Waals surface area (Å²) in [6, 6.07) is 4.25. The third-order valence-corrected chi connectivity index (χ3v) is 4.92. The molecule has 0 spiro atoms. The Kier molecular flexibility index (Phi) is 3.96. The van der Waals surface area contributed by atoms with E-state index in [0.29, 0.717) is 5.52 Å². The summed E-state index contributed by atoms with van der Waals surface area (Å²) in [5.41, 5.74) is -0.0426. The molecular formula is C13H18N2O5S. The van der Waals surface area contributed by atoms with Crippen LogP contribution in [0.2, 0.25) is 0 Å². The van der Waals surface area contributed by atoms with Gasteiger partial charge in [0, 0.05) is 25.3 Å². The molecular weight excluding hydrogens is 296 g/mol. The van der Waals surface area contributed by atoms with E-state index in [9.17, 15) is 13.2 Å². The van der Waals surface area contributed by atoms with Crippen molar-refractivity contribution >= 4 is 21.1 Å². The van der Waals surface area contributed by atoms with Crippen molar-refractivity contribution in [2.75, 3.05) is 6.61 Å². The third-order valence-electron chi connectivity index (χ3n) is 3.22. The Morgan fingerprint density at radius 3 is 2.67 bits per heavy atom. The topological polar surface area (TPSA) is 102 Å². The minimum Gasteiger partial charge on any atom is -0.408 e. The van der Waals surface area contributed by atoms with Crippen molar-refractivity contribution in [2.24, 2.45) is 7.05 Å². The van der Waals surface area contributed by atoms with Crippen molar-refractivity contribution < 1.29 is 17.9 Å². The molecule has 0 atom stereocenters. The molecule has 1 aromatic heterocycles. The number of aliphatic hydroxyl groups is 1. The molecule has 0 amide bonds. The number of oxazole rings is 1. The third kappa shape index (κ3) is 3.17. The van der Waals surface area contributed by atoms with E-state index in [-0.39, 0.29) is 23.5 Å². The maximum Gasteiger partial charge on any atom is 0.419 e. The van der Waals surface area contributed by atoms with Crippen LogP contribution in [0.5, 0.6) is 0 Å². The van der Waals surface area contributed by atoms with Gasteiger partial charge in [0.15, 0.2) is 5.58 Å². The molecule has 1 heterocycles. The Bertz CT molecular complexity index is 817. The first-order valence-electron chi connectivity index (χ1n) is 6.41. The minimum atomic E-state index is -3.77. The highest BCUT2D eigenvalue weighted by Gasteiger charge is 2.26. The van der Waals surface area contributed by atoms with E-state index >= 15 is 0 Å². The predicted octanol–water partition coefficient (Wildman–Crippen LogP) is 0.571. The van der Waals surface area contributed by atoms with Gasteiger partial charge in [0.2, 0.25) is 10.0 Å². The molecule has 0 bridgehead atoms. The fourth-order valence-corrected chi connectivity index (χ4v) is 3.49. The number of hydrogen-bond donors (Lipinski definition) is 2. The number of sulfonamides is 1. The van der Waals surface area contributed by atoms with E-state index < -0.39 is 21.3 Å². The lowest BCUT2D eigenvalue weighted by Gasteiger charge is -2.24. The van der Waals surface area contributed by atoms with Gasteiger partial charge in [-0.25, -0.2) is 17.9 Å². The Labute approximate surface area is 122 Å². The second kappa shape index (κ2) is 5.28. The number of benzene rings is 1. The molecule has 0 aliphatic carbocycles. The molecule has 116 valence electrons. The minimum absolute atomic E-state index is 0.00960. The summed E-state index contributed by atoms with van der Waals surface area (Å²) >= 11 is 0. The molecule has 21 heavy (non-hydrogen) atoms. The van der Waals surface area contributed by atoms with Crippen molar-refractivity contribution in [1.29, 1.82) is 0 Å². The lowest BCUT2D eigenvalue weighted by atomic mass is 10.0. The fraction of sp³-hybridized carbons (Fsp3) is 0.462. The van der Waals surface area contributed by atoms with Crippen LogP contribution in [0.25, 0.3) is 11.1 Å². The first kappa shape index (κ1) is 15.7. The average molecular weight is 314 g/mol. The van der Waals surface area contributed by atoms with Crippen molar-refractivity contribution in [1.82, 2.24) is 9.29 Å². The molecule has 2 rings (SSSR count). The van der Waals surface area contributed by atoms with Gasteiger partial charge in [0.25, 0.3) is 0 Å². The van der Waals surface area contributed by atoms with Gasteiger partial charge < -0.3 is 9.52 Å². The van der Waals surface area contributed by atoms with Gasteiger partial charge in [0.05, 0.1) is 10.4 Å². The van der Waals surface area contributed by atoms with Crippen LogP contribution in [0.3, 0.4) is 0 Å². The van der Waals surface area contributed by atoms with Crippen LogP contribution in [0.15, 0.2) is 32.3 Å². The molecule has 0 radical (unpaired) electrons. The highest BCUT2D eigenvalue weighted by Crippen LogP contribution is 2.20. The number of fused-ring (bicyclic) bond motifs is 1. The Morgan fingerprint density at radius 1 is 1.38 bits per heavy atom. The molecule has 0 saturated heterocycles. The molecule has 0 aliphatic heterocycles. The summed E-state index contributed by atoms with van der Waals surface area (Å²) in [6.45, 7) is 3.24. The summed E-state index contributed by atoms with van der Waals surface area (Å²) < 4.78 is 33.5. The summed E-state index contributed by atoms with van der Waals surface area (Å²) in [5.74, 6) is -0.548. The summed E-state index contributed by atoms with van der Waals surface area (Å²) in [6.07, 6.45) is 0.287. The lowest BCUT2D eigenvalue weighted by Crippen LogP contribution is -2.43. The largest absolute Gasteiger partial charge is 0.419 e. The van der Waals surface area contributed by atoms with Gasteiger partial charge in [-0.15, -0.1) is 0 Å². The molecule has 2 N–H and O–H groups in total. The summed E-state index contributed by atoms with van der Waals surface area (Å²) in [4.78, 5) is 11.4. The first-order chi connectivity index (χ1) is 9.66. The molecule has 8 heteroatoms. The van der Waals surface area contributed by atoms with Crippen LogP contribution in [-0.2, 0) is 17.1 Å². The van der Waals surface area contributed by atoms with E-state index in [1.165, 1.54) is 22.8 Å². The standard InChI is InChI=1S/C13H18N2O5S/c1-13(2,6-7-16)14-21(18,19)9-4-5-10-11(8-9)20-12(17)15(10)3/h4-5,8,14,16H,6-7H2,1-3H3. The number of hydrogen-bond acceptors (Lipinski definition) is 5. The fourth-order valence-electron chi connectivity index (χ4n) is 2.03. The highest BCUT2D eigenvalue weighted by molar-refractivity contribution is 7.89. The lowest BCUT2D eigenvalue weighted by molar-refractivity contribution is 0.245. The van der Waals surface area contributed by atoms with E-state index in [2.05, 4.69) is 4.72 Å². The zero-order valence-electron chi connectivity index (χ0n) is 12.1. The first-order valence-corrected chi connectivity index (χ1v) is 7.89. The van der Waals surface area contributed by atoms with Crippen LogP contribution in [0.1, 0.15) is 20.3 Å². The van der Waals surface area contributed by atoms with Gasteiger partial charge >= 0.3 is 5.76 Å². The predicted molar refractivity (Wildman–Crippen MR) is 77.6 cm³/mol. The van der Waals surface area contributed by atoms with Gasteiger partial charge in [-0.2, -0.15) is 0 Å². The quantitative estimate of drug-likeness (QED) is 0.840. The number of nitrogens with zero attached hydrogens (tertiary/aromatic N) is 1. The zero-order valence-corrected chi connectivity index (χ0v) is 12.9. The number of nitrogens with one attached hydrogen (secondary N) is 1. The van der Waals surface area contributed by atoms with E-state index in [1.807, 2.05) is 0 Å². The number of aromatic nitrogens is 1. The molecule has 7 nitrogen and oxygen atoms in total. The molecule has 0 saturated carbocycles. The Balaban J connectivity index is 2.43. The van der Waals surface area contributed by atoms with E-state index in [0.717, 1.165) is 0 Å². The SMILES string of the molecule is Cn1c(=O)oc2cc(S(=O)(=O)NC(C)(C)CCO)ccc21. The molecule has 0 aliphatic rings. The Hall–Kier alpha value is -1.64. The molecule has 0 fully saturated rings. The number of aliphatic hydroxyl groups excluding tert-OH is 1. The number of rotatable bonds is 5. The zero-order chi connectivity index (χ0) is 15.8. The summed E-state index contributed by atoms with van der Waals surface area (Å²) in [7, 11) is -2.22. The molecule has 0 unspecified atom stereocenters. The monoisotopic (exact) mass is 314 g/mol. The number of aryl methyl sites for hydroxylation is 1. The maximum atomic E-state index is 12.3. The molecule has 1 aromatic carbocycles. The van der Waals surface area contributed by atoms with Crippen molar-refractivity contribution in [3.8, 4) is 0 Å². The molecule has 2 aromatic rings. The second-order valence-corrected chi connectivity index (χ2v) is 7.20. The smallest absolute Gasteiger partial charge is 0.408 e. The van der Waals surface area contributed by atoms with Crippen molar-refractivity contribution in [2.45, 2.75) is 30.7 Å². The van der Waals surface area contributed by atoms with Crippen LogP contribution >= 0.6 is 0 Å². The normalized spacial score (nSPS) is 13.0. The highest BCUT2D eigenvalue weighted by atomic mass is 32.2. The van der Waals surface area contributed by atoms with Gasteiger partial charge in [0.1, 0.15) is 0 Å². The van der Waals surface area contributed by atoms with Crippen LogP contribution in [0.4, 0.5) is 0 Å². The van der Waals surface area contributed by atoms with Gasteiger partial charge in [-0.1, -0.05) is 0 Å².